The molecule has 0 aliphatic rings. The summed E-state index contributed by atoms with van der Waals surface area (Å²) < 4.78 is 27.8. The predicted octanol–water partition coefficient (Wildman–Crippen LogP) is 3.80. The Balaban J connectivity index is 3.21. The molecule has 0 N–H and O–H groups in total. The summed E-state index contributed by atoms with van der Waals surface area (Å²) in [6.45, 7) is 6.35. The summed E-state index contributed by atoms with van der Waals surface area (Å²) >= 11 is 6.60. The van der Waals surface area contributed by atoms with E-state index in [1.54, 1.807) is 24.3 Å². The highest BCUT2D eigenvalue weighted by Gasteiger charge is 2.24. The second-order valence-corrected chi connectivity index (χ2v) is 7.40. The average Bonchev–Trinajstić information content (AvgIpc) is 2.28. The first-order valence-corrected chi connectivity index (χ1v) is 8.52. The summed E-state index contributed by atoms with van der Waals surface area (Å²) in [5.41, 5.74) is 0. The molecule has 0 aliphatic carbocycles. The van der Waals surface area contributed by atoms with Gasteiger partial charge in [0, 0.05) is 22.0 Å². The third-order valence-corrected chi connectivity index (χ3v) is 5.65. The van der Waals surface area contributed by atoms with Crippen LogP contribution in [0.25, 0.3) is 0 Å². The second-order valence-electron chi connectivity index (χ2n) is 3.73. The Kier molecular flexibility index (Phi) is 6.04. The Labute approximate surface area is 125 Å². The van der Waals surface area contributed by atoms with Gasteiger partial charge in [0.1, 0.15) is 0 Å². The summed E-state index contributed by atoms with van der Waals surface area (Å²) in [5, 5.41) is 0. The fraction of sp³-hybridized carbons (Fsp3) is 0.333. The maximum Gasteiger partial charge on any atom is 0.244 e. The average molecular weight is 397 g/mol. The van der Waals surface area contributed by atoms with E-state index < -0.39 is 10.0 Å². The predicted molar refractivity (Wildman–Crippen MR) is 81.1 cm³/mol. The van der Waals surface area contributed by atoms with Crippen LogP contribution in [0, 0.1) is 0 Å². The maximum absolute atomic E-state index is 12.5. The highest BCUT2D eigenvalue weighted by molar-refractivity contribution is 9.11. The van der Waals surface area contributed by atoms with Crippen LogP contribution in [0.2, 0.25) is 0 Å². The van der Waals surface area contributed by atoms with Crippen molar-refractivity contribution < 1.29 is 8.42 Å². The van der Waals surface area contributed by atoms with Crippen LogP contribution in [0.5, 0.6) is 0 Å². The molecule has 0 fully saturated rings. The summed E-state index contributed by atoms with van der Waals surface area (Å²) in [6.07, 6.45) is 2.36. The van der Waals surface area contributed by atoms with E-state index in [1.165, 1.54) is 4.31 Å². The van der Waals surface area contributed by atoms with Crippen molar-refractivity contribution in [2.75, 3.05) is 13.1 Å². The first-order valence-electron chi connectivity index (χ1n) is 5.49. The topological polar surface area (TPSA) is 37.4 Å². The van der Waals surface area contributed by atoms with Crippen molar-refractivity contribution in [3.8, 4) is 0 Å². The van der Waals surface area contributed by atoms with Gasteiger partial charge >= 0.3 is 0 Å². The van der Waals surface area contributed by atoms with Gasteiger partial charge in [-0.3, -0.25) is 0 Å². The third kappa shape index (κ3) is 3.66. The molecule has 0 bridgehead atoms. The SMILES string of the molecule is C=CCN(CCC)S(=O)(=O)c1ccc(Br)cc1Br. The molecule has 3 nitrogen and oxygen atoms in total. The molecular weight excluding hydrogens is 382 g/mol. The van der Waals surface area contributed by atoms with E-state index in [4.69, 9.17) is 0 Å². The van der Waals surface area contributed by atoms with Gasteiger partial charge in [-0.25, -0.2) is 8.42 Å². The molecular formula is C12H15Br2NO2S. The lowest BCUT2D eigenvalue weighted by atomic mass is 10.4. The normalized spacial score (nSPS) is 11.8. The molecule has 0 aliphatic heterocycles. The van der Waals surface area contributed by atoms with Crippen molar-refractivity contribution in [2.24, 2.45) is 0 Å². The van der Waals surface area contributed by atoms with Gasteiger partial charge in [-0.05, 0) is 40.5 Å². The van der Waals surface area contributed by atoms with Crippen LogP contribution in [0.4, 0.5) is 0 Å². The Morgan fingerprint density at radius 2 is 2.06 bits per heavy atom. The van der Waals surface area contributed by atoms with Gasteiger partial charge in [-0.2, -0.15) is 4.31 Å². The van der Waals surface area contributed by atoms with Crippen molar-refractivity contribution in [1.29, 1.82) is 0 Å². The molecule has 100 valence electrons. The Bertz CT molecular complexity index is 529. The number of rotatable bonds is 6. The van der Waals surface area contributed by atoms with E-state index in [-0.39, 0.29) is 4.90 Å². The Hall–Kier alpha value is -0.170. The molecule has 18 heavy (non-hydrogen) atoms. The largest absolute Gasteiger partial charge is 0.244 e. The highest BCUT2D eigenvalue weighted by atomic mass is 79.9. The van der Waals surface area contributed by atoms with Crippen molar-refractivity contribution >= 4 is 41.9 Å². The number of benzene rings is 1. The molecule has 6 heteroatoms. The van der Waals surface area contributed by atoms with E-state index in [0.717, 1.165) is 10.9 Å². The molecule has 0 atom stereocenters. The van der Waals surface area contributed by atoms with Crippen molar-refractivity contribution in [3.05, 3.63) is 39.8 Å². The van der Waals surface area contributed by atoms with Crippen molar-refractivity contribution in [1.82, 2.24) is 4.31 Å². The number of halogens is 2. The minimum absolute atomic E-state index is 0.279. The Morgan fingerprint density at radius 3 is 2.56 bits per heavy atom. The molecule has 1 aromatic rings. The molecule has 1 aromatic carbocycles. The minimum atomic E-state index is -3.48. The van der Waals surface area contributed by atoms with Crippen molar-refractivity contribution in [3.63, 3.8) is 0 Å². The van der Waals surface area contributed by atoms with Gasteiger partial charge in [-0.1, -0.05) is 28.9 Å². The van der Waals surface area contributed by atoms with Gasteiger partial charge in [0.25, 0.3) is 0 Å². The van der Waals surface area contributed by atoms with Crippen molar-refractivity contribution in [2.45, 2.75) is 18.2 Å². The molecule has 0 saturated carbocycles. The molecule has 0 aromatic heterocycles. The zero-order chi connectivity index (χ0) is 13.8. The second kappa shape index (κ2) is 6.84. The summed E-state index contributed by atoms with van der Waals surface area (Å²) in [5.74, 6) is 0. The first-order chi connectivity index (χ1) is 8.43. The van der Waals surface area contributed by atoms with Gasteiger partial charge in [0.15, 0.2) is 0 Å². The van der Waals surface area contributed by atoms with E-state index in [1.807, 2.05) is 6.92 Å². The smallest absolute Gasteiger partial charge is 0.207 e. The fourth-order valence-corrected chi connectivity index (χ4v) is 4.74. The third-order valence-electron chi connectivity index (χ3n) is 2.32. The zero-order valence-corrected chi connectivity index (χ0v) is 14.1. The fourth-order valence-electron chi connectivity index (χ4n) is 1.53. The number of sulfonamides is 1. The molecule has 0 radical (unpaired) electrons. The summed E-state index contributed by atoms with van der Waals surface area (Å²) in [6, 6.07) is 5.04. The number of nitrogens with zero attached hydrogens (tertiary/aromatic N) is 1. The van der Waals surface area contributed by atoms with Crippen LogP contribution in [0.15, 0.2) is 44.7 Å². The molecule has 0 saturated heterocycles. The monoisotopic (exact) mass is 395 g/mol. The molecule has 0 spiro atoms. The zero-order valence-electron chi connectivity index (χ0n) is 10.1. The van der Waals surface area contributed by atoms with E-state index in [2.05, 4.69) is 38.4 Å². The highest BCUT2D eigenvalue weighted by Crippen LogP contribution is 2.28. The first kappa shape index (κ1) is 15.9. The van der Waals surface area contributed by atoms with Crippen LogP contribution in [-0.4, -0.2) is 25.8 Å². The van der Waals surface area contributed by atoms with Crippen LogP contribution >= 0.6 is 31.9 Å². The van der Waals surface area contributed by atoms with Gasteiger partial charge in [0.2, 0.25) is 10.0 Å². The standard InChI is InChI=1S/C12H15Br2NO2S/c1-3-7-15(8-4-2)18(16,17)12-6-5-10(13)9-11(12)14/h3,5-6,9H,1,4,7-8H2,2H3. The quantitative estimate of drug-likeness (QED) is 0.685. The van der Waals surface area contributed by atoms with Gasteiger partial charge < -0.3 is 0 Å². The Morgan fingerprint density at radius 1 is 1.39 bits per heavy atom. The number of hydrogen-bond acceptors (Lipinski definition) is 2. The molecule has 0 amide bonds. The number of hydrogen-bond donors (Lipinski definition) is 0. The van der Waals surface area contributed by atoms with E-state index in [9.17, 15) is 8.42 Å². The maximum atomic E-state index is 12.5. The van der Waals surface area contributed by atoms with Crippen LogP contribution < -0.4 is 0 Å². The molecule has 0 heterocycles. The summed E-state index contributed by atoms with van der Waals surface area (Å²) in [7, 11) is -3.48. The van der Waals surface area contributed by atoms with Crippen LogP contribution in [-0.2, 0) is 10.0 Å². The summed E-state index contributed by atoms with van der Waals surface area (Å²) in [4.78, 5) is 0.279. The molecule has 0 unspecified atom stereocenters. The lowest BCUT2D eigenvalue weighted by molar-refractivity contribution is 0.441. The lowest BCUT2D eigenvalue weighted by Gasteiger charge is -2.20. The lowest BCUT2D eigenvalue weighted by Crippen LogP contribution is -2.32. The van der Waals surface area contributed by atoms with Crippen LogP contribution in [0.1, 0.15) is 13.3 Å². The van der Waals surface area contributed by atoms with E-state index >= 15 is 0 Å². The van der Waals surface area contributed by atoms with E-state index in [0.29, 0.717) is 17.6 Å². The van der Waals surface area contributed by atoms with Crippen LogP contribution in [0.3, 0.4) is 0 Å². The minimum Gasteiger partial charge on any atom is -0.207 e. The van der Waals surface area contributed by atoms with Gasteiger partial charge in [-0.15, -0.1) is 6.58 Å². The molecule has 1 rings (SSSR count). The van der Waals surface area contributed by atoms with Gasteiger partial charge in [0.05, 0.1) is 4.90 Å².